The molecule has 0 saturated heterocycles. The average molecular weight is 134 g/mol. The van der Waals surface area contributed by atoms with Crippen LogP contribution >= 0.6 is 0 Å². The molecule has 0 aliphatic carbocycles. The highest BCUT2D eigenvalue weighted by molar-refractivity contribution is 5.94. The van der Waals surface area contributed by atoms with Crippen LogP contribution in [0.2, 0.25) is 0 Å². The van der Waals surface area contributed by atoms with Gasteiger partial charge in [-0.05, 0) is 6.20 Å². The molecule has 1 atom stereocenters. The Labute approximate surface area is 60.3 Å². The number of nitrogens with one attached hydrogen (secondary N) is 1. The third-order valence-electron chi connectivity index (χ3n) is 1.81. The predicted octanol–water partition coefficient (Wildman–Crippen LogP) is 0.873. The maximum atomic E-state index is 4.37. The standard InChI is InChI=1S/C8H10N2/c1-3-7-8(9-5-1)4-2-6-10-7/h1-3,6-7,10H,4-5H2. The van der Waals surface area contributed by atoms with Gasteiger partial charge < -0.3 is 5.32 Å². The van der Waals surface area contributed by atoms with Crippen molar-refractivity contribution in [3.8, 4) is 0 Å². The molecule has 1 N–H and O–H groups in total. The van der Waals surface area contributed by atoms with E-state index in [1.165, 1.54) is 5.71 Å². The van der Waals surface area contributed by atoms with Gasteiger partial charge >= 0.3 is 0 Å². The first-order valence-corrected chi connectivity index (χ1v) is 3.58. The Morgan fingerprint density at radius 2 is 2.50 bits per heavy atom. The zero-order valence-electron chi connectivity index (χ0n) is 5.75. The molecule has 0 spiro atoms. The number of hydrogen-bond acceptors (Lipinski definition) is 2. The van der Waals surface area contributed by atoms with Crippen LogP contribution in [0.1, 0.15) is 6.42 Å². The third kappa shape index (κ3) is 0.856. The Hall–Kier alpha value is -1.05. The van der Waals surface area contributed by atoms with E-state index in [9.17, 15) is 0 Å². The predicted molar refractivity (Wildman–Crippen MR) is 42.1 cm³/mol. The van der Waals surface area contributed by atoms with Crippen LogP contribution in [0.4, 0.5) is 0 Å². The van der Waals surface area contributed by atoms with E-state index in [0.717, 1.165) is 13.0 Å². The van der Waals surface area contributed by atoms with Crippen LogP contribution in [0.15, 0.2) is 29.4 Å². The van der Waals surface area contributed by atoms with Crippen molar-refractivity contribution in [3.63, 3.8) is 0 Å². The first kappa shape index (κ1) is 5.71. The Morgan fingerprint density at radius 1 is 1.50 bits per heavy atom. The molecular weight excluding hydrogens is 124 g/mol. The van der Waals surface area contributed by atoms with Crippen LogP contribution in [0.5, 0.6) is 0 Å². The van der Waals surface area contributed by atoms with Crippen LogP contribution in [0.3, 0.4) is 0 Å². The molecule has 2 aliphatic heterocycles. The number of nitrogens with zero attached hydrogens (tertiary/aromatic N) is 1. The van der Waals surface area contributed by atoms with Crippen molar-refractivity contribution in [1.29, 1.82) is 0 Å². The highest BCUT2D eigenvalue weighted by Crippen LogP contribution is 2.07. The molecule has 10 heavy (non-hydrogen) atoms. The van der Waals surface area contributed by atoms with Crippen molar-refractivity contribution in [2.75, 3.05) is 6.54 Å². The Kier molecular flexibility index (Phi) is 1.31. The topological polar surface area (TPSA) is 24.4 Å². The molecule has 2 aliphatic rings. The molecule has 0 saturated carbocycles. The van der Waals surface area contributed by atoms with Crippen molar-refractivity contribution in [2.24, 2.45) is 4.99 Å². The van der Waals surface area contributed by atoms with Crippen LogP contribution in [-0.4, -0.2) is 18.3 Å². The van der Waals surface area contributed by atoms with Gasteiger partial charge in [-0.15, -0.1) is 0 Å². The molecule has 2 heterocycles. The summed E-state index contributed by atoms with van der Waals surface area (Å²) in [4.78, 5) is 4.37. The van der Waals surface area contributed by atoms with Crippen LogP contribution in [0, 0.1) is 0 Å². The molecule has 0 fully saturated rings. The van der Waals surface area contributed by atoms with Gasteiger partial charge in [-0.1, -0.05) is 18.2 Å². The smallest absolute Gasteiger partial charge is 0.0825 e. The van der Waals surface area contributed by atoms with Gasteiger partial charge in [0.2, 0.25) is 0 Å². The second-order valence-corrected chi connectivity index (χ2v) is 2.51. The third-order valence-corrected chi connectivity index (χ3v) is 1.81. The molecular formula is C8H10N2. The first-order valence-electron chi connectivity index (χ1n) is 3.58. The van der Waals surface area contributed by atoms with E-state index in [0.29, 0.717) is 6.04 Å². The molecule has 0 amide bonds. The molecule has 0 aromatic carbocycles. The van der Waals surface area contributed by atoms with Gasteiger partial charge in [-0.2, -0.15) is 0 Å². The SMILES string of the molecule is C1=CC2NC=CCC2=NC1. The zero-order chi connectivity index (χ0) is 6.81. The molecule has 0 aromatic heterocycles. The summed E-state index contributed by atoms with van der Waals surface area (Å²) in [7, 11) is 0. The fourth-order valence-electron chi connectivity index (χ4n) is 1.27. The van der Waals surface area contributed by atoms with Gasteiger partial charge in [0, 0.05) is 12.1 Å². The number of hydrogen-bond donors (Lipinski definition) is 1. The van der Waals surface area contributed by atoms with E-state index in [2.05, 4.69) is 28.5 Å². The van der Waals surface area contributed by atoms with Crippen molar-refractivity contribution in [1.82, 2.24) is 5.32 Å². The highest BCUT2D eigenvalue weighted by atomic mass is 14.9. The van der Waals surface area contributed by atoms with E-state index in [4.69, 9.17) is 0 Å². The molecule has 2 rings (SSSR count). The fourth-order valence-corrected chi connectivity index (χ4v) is 1.27. The van der Waals surface area contributed by atoms with Gasteiger partial charge in [0.15, 0.2) is 0 Å². The molecule has 2 nitrogen and oxygen atoms in total. The molecule has 0 radical (unpaired) electrons. The minimum absolute atomic E-state index is 0.388. The van der Waals surface area contributed by atoms with Crippen molar-refractivity contribution in [2.45, 2.75) is 12.5 Å². The molecule has 0 aromatic rings. The Bertz CT molecular complexity index is 213. The second-order valence-electron chi connectivity index (χ2n) is 2.51. The lowest BCUT2D eigenvalue weighted by Gasteiger charge is -2.21. The Morgan fingerprint density at radius 3 is 3.40 bits per heavy atom. The highest BCUT2D eigenvalue weighted by Gasteiger charge is 2.14. The minimum Gasteiger partial charge on any atom is -0.380 e. The number of allylic oxidation sites excluding steroid dienone is 1. The number of aliphatic imine (C=N–C) groups is 1. The quantitative estimate of drug-likeness (QED) is 0.488. The molecule has 52 valence electrons. The van der Waals surface area contributed by atoms with Crippen LogP contribution < -0.4 is 5.32 Å². The normalized spacial score (nSPS) is 28.8. The van der Waals surface area contributed by atoms with E-state index in [1.807, 2.05) is 6.20 Å². The lowest BCUT2D eigenvalue weighted by molar-refractivity contribution is 0.819. The van der Waals surface area contributed by atoms with E-state index in [1.54, 1.807) is 0 Å². The van der Waals surface area contributed by atoms with E-state index < -0.39 is 0 Å². The molecule has 2 heteroatoms. The summed E-state index contributed by atoms with van der Waals surface area (Å²) >= 11 is 0. The van der Waals surface area contributed by atoms with Crippen molar-refractivity contribution in [3.05, 3.63) is 24.4 Å². The fraction of sp³-hybridized carbons (Fsp3) is 0.375. The summed E-state index contributed by atoms with van der Waals surface area (Å²) in [6, 6.07) is 0.388. The summed E-state index contributed by atoms with van der Waals surface area (Å²) in [5, 5.41) is 3.22. The van der Waals surface area contributed by atoms with Crippen LogP contribution in [-0.2, 0) is 0 Å². The van der Waals surface area contributed by atoms with Crippen molar-refractivity contribution < 1.29 is 0 Å². The summed E-state index contributed by atoms with van der Waals surface area (Å²) in [5.74, 6) is 0. The van der Waals surface area contributed by atoms with Crippen molar-refractivity contribution >= 4 is 5.71 Å². The van der Waals surface area contributed by atoms with E-state index >= 15 is 0 Å². The monoisotopic (exact) mass is 134 g/mol. The second kappa shape index (κ2) is 2.29. The lowest BCUT2D eigenvalue weighted by Crippen LogP contribution is -2.35. The summed E-state index contributed by atoms with van der Waals surface area (Å²) < 4.78 is 0. The number of dihydropyridines is 1. The van der Waals surface area contributed by atoms with Gasteiger partial charge in [-0.3, -0.25) is 4.99 Å². The van der Waals surface area contributed by atoms with E-state index in [-0.39, 0.29) is 0 Å². The van der Waals surface area contributed by atoms with Gasteiger partial charge in [0.1, 0.15) is 0 Å². The van der Waals surface area contributed by atoms with Gasteiger partial charge in [-0.25, -0.2) is 0 Å². The molecule has 0 bridgehead atoms. The first-order chi connectivity index (χ1) is 4.97. The maximum Gasteiger partial charge on any atom is 0.0825 e. The molecule has 1 unspecified atom stereocenters. The van der Waals surface area contributed by atoms with Gasteiger partial charge in [0.05, 0.1) is 12.6 Å². The zero-order valence-corrected chi connectivity index (χ0v) is 5.75. The summed E-state index contributed by atoms with van der Waals surface area (Å²) in [6.45, 7) is 0.862. The maximum absolute atomic E-state index is 4.37. The summed E-state index contributed by atoms with van der Waals surface area (Å²) in [6.07, 6.45) is 9.39. The Balaban J connectivity index is 2.23. The minimum atomic E-state index is 0.388. The number of rotatable bonds is 0. The summed E-state index contributed by atoms with van der Waals surface area (Å²) in [5.41, 5.74) is 1.27. The van der Waals surface area contributed by atoms with Crippen LogP contribution in [0.25, 0.3) is 0 Å². The lowest BCUT2D eigenvalue weighted by atomic mass is 10.0. The van der Waals surface area contributed by atoms with Gasteiger partial charge in [0.25, 0.3) is 0 Å². The largest absolute Gasteiger partial charge is 0.380 e. The average Bonchev–Trinajstić information content (AvgIpc) is 2.05. The number of fused-ring (bicyclic) bond motifs is 1.